The Morgan fingerprint density at radius 1 is 1.16 bits per heavy atom. The average molecular weight is 363 g/mol. The van der Waals surface area contributed by atoms with Crippen molar-refractivity contribution < 1.29 is 13.3 Å². The molecule has 1 N–H and O–H groups in total. The maximum atomic E-state index is 11.5. The predicted molar refractivity (Wildman–Crippen MR) is 99.0 cm³/mol. The fourth-order valence-electron chi connectivity index (χ4n) is 2.39. The number of nitro groups is 1. The van der Waals surface area contributed by atoms with E-state index in [-0.39, 0.29) is 10.6 Å². The lowest BCUT2D eigenvalue weighted by Gasteiger charge is -2.19. The molecule has 0 aromatic heterocycles. The van der Waals surface area contributed by atoms with Crippen LogP contribution in [0.4, 0.5) is 17.1 Å². The number of hydrogen-bond acceptors (Lipinski definition) is 6. The number of nitrogens with zero attached hydrogens (tertiary/aromatic N) is 2. The van der Waals surface area contributed by atoms with Gasteiger partial charge in [-0.2, -0.15) is 0 Å². The van der Waals surface area contributed by atoms with Crippen LogP contribution in [0.15, 0.2) is 53.4 Å². The highest BCUT2D eigenvalue weighted by Crippen LogP contribution is 2.27. The minimum absolute atomic E-state index is 0.0615. The molecule has 0 aliphatic heterocycles. The lowest BCUT2D eigenvalue weighted by Crippen LogP contribution is -2.20. The Morgan fingerprint density at radius 2 is 1.84 bits per heavy atom. The molecule has 0 fully saturated rings. The third-order valence-electron chi connectivity index (χ3n) is 3.78. The van der Waals surface area contributed by atoms with E-state index in [9.17, 15) is 18.5 Å². The summed E-state index contributed by atoms with van der Waals surface area (Å²) < 4.78 is 23.1. The topological polar surface area (TPSA) is 92.6 Å². The third-order valence-corrected chi connectivity index (χ3v) is 4.89. The zero-order chi connectivity index (χ0) is 18.4. The van der Waals surface area contributed by atoms with Gasteiger partial charge in [-0.3, -0.25) is 10.1 Å². The number of para-hydroxylation sites is 1. The van der Waals surface area contributed by atoms with Gasteiger partial charge in [-0.05, 0) is 30.7 Å². The van der Waals surface area contributed by atoms with Gasteiger partial charge < -0.3 is 10.2 Å². The van der Waals surface area contributed by atoms with Crippen molar-refractivity contribution in [1.82, 2.24) is 0 Å². The van der Waals surface area contributed by atoms with E-state index in [4.69, 9.17) is 0 Å². The van der Waals surface area contributed by atoms with Gasteiger partial charge in [0.05, 0.1) is 9.82 Å². The second-order valence-corrected chi connectivity index (χ2v) is 7.76. The van der Waals surface area contributed by atoms with Crippen LogP contribution in [0.2, 0.25) is 0 Å². The van der Waals surface area contributed by atoms with Gasteiger partial charge in [-0.25, -0.2) is 8.42 Å². The van der Waals surface area contributed by atoms with Gasteiger partial charge in [0.1, 0.15) is 5.69 Å². The van der Waals surface area contributed by atoms with Crippen LogP contribution in [0.25, 0.3) is 0 Å². The van der Waals surface area contributed by atoms with Crippen LogP contribution < -0.4 is 10.2 Å². The largest absolute Gasteiger partial charge is 0.379 e. The van der Waals surface area contributed by atoms with Crippen molar-refractivity contribution in [2.24, 2.45) is 0 Å². The number of rotatable bonds is 8. The zero-order valence-corrected chi connectivity index (χ0v) is 15.0. The predicted octanol–water partition coefficient (Wildman–Crippen LogP) is 2.94. The number of sulfone groups is 1. The Kier molecular flexibility index (Phi) is 5.97. The Morgan fingerprint density at radius 3 is 2.44 bits per heavy atom. The van der Waals surface area contributed by atoms with Crippen molar-refractivity contribution in [3.63, 3.8) is 0 Å². The van der Waals surface area contributed by atoms with E-state index < -0.39 is 14.8 Å². The lowest BCUT2D eigenvalue weighted by molar-refractivity contribution is -0.384. The molecule has 0 spiro atoms. The SMILES string of the molecule is CN(CCCNc1ccc(S(C)(=O)=O)cc1[N+](=O)[O-])c1ccccc1. The molecule has 0 aliphatic rings. The summed E-state index contributed by atoms with van der Waals surface area (Å²) in [4.78, 5) is 12.7. The van der Waals surface area contributed by atoms with Gasteiger partial charge in [0.25, 0.3) is 5.69 Å². The molecule has 8 heteroatoms. The summed E-state index contributed by atoms with van der Waals surface area (Å²) in [5.74, 6) is 0. The van der Waals surface area contributed by atoms with Crippen molar-refractivity contribution in [3.8, 4) is 0 Å². The smallest absolute Gasteiger partial charge is 0.293 e. The molecule has 2 aromatic rings. The Labute approximate surface area is 147 Å². The van der Waals surface area contributed by atoms with Crippen molar-refractivity contribution >= 4 is 26.9 Å². The van der Waals surface area contributed by atoms with Gasteiger partial charge >= 0.3 is 0 Å². The van der Waals surface area contributed by atoms with Gasteiger partial charge in [-0.1, -0.05) is 18.2 Å². The molecule has 0 radical (unpaired) electrons. The van der Waals surface area contributed by atoms with E-state index in [1.54, 1.807) is 0 Å². The van der Waals surface area contributed by atoms with E-state index in [1.165, 1.54) is 12.1 Å². The van der Waals surface area contributed by atoms with Crippen molar-refractivity contribution in [2.75, 3.05) is 36.6 Å². The summed E-state index contributed by atoms with van der Waals surface area (Å²) in [5.41, 5.74) is 1.19. The molecule has 0 unspecified atom stereocenters. The Bertz CT molecular complexity index is 838. The molecule has 134 valence electrons. The molecule has 25 heavy (non-hydrogen) atoms. The molecule has 0 atom stereocenters. The van der Waals surface area contributed by atoms with Gasteiger partial charge in [0.15, 0.2) is 9.84 Å². The average Bonchev–Trinajstić information content (AvgIpc) is 2.58. The molecule has 2 aromatic carbocycles. The molecule has 0 bridgehead atoms. The first kappa shape index (κ1) is 18.7. The van der Waals surface area contributed by atoms with E-state index >= 15 is 0 Å². The van der Waals surface area contributed by atoms with E-state index in [0.29, 0.717) is 12.2 Å². The summed E-state index contributed by atoms with van der Waals surface area (Å²) in [5, 5.41) is 14.2. The standard InChI is InChI=1S/C17H21N3O4S/c1-19(14-7-4-3-5-8-14)12-6-11-18-16-10-9-15(25(2,23)24)13-17(16)20(21)22/h3-5,7-10,13,18H,6,11-12H2,1-2H3. The molecule has 0 saturated heterocycles. The van der Waals surface area contributed by atoms with Crippen molar-refractivity contribution in [1.29, 1.82) is 0 Å². The number of benzene rings is 2. The lowest BCUT2D eigenvalue weighted by atomic mass is 10.2. The first-order valence-corrected chi connectivity index (χ1v) is 9.67. The monoisotopic (exact) mass is 363 g/mol. The van der Waals surface area contributed by atoms with Gasteiger partial charge in [0, 0.05) is 38.1 Å². The molecule has 0 saturated carbocycles. The number of anilines is 2. The number of nitrogens with one attached hydrogen (secondary N) is 1. The summed E-state index contributed by atoms with van der Waals surface area (Å²) >= 11 is 0. The van der Waals surface area contributed by atoms with Crippen LogP contribution in [0.3, 0.4) is 0 Å². The Balaban J connectivity index is 1.97. The summed E-state index contributed by atoms with van der Waals surface area (Å²) in [7, 11) is -1.50. The maximum absolute atomic E-state index is 11.5. The first-order valence-electron chi connectivity index (χ1n) is 7.77. The second-order valence-electron chi connectivity index (χ2n) is 5.75. The second kappa shape index (κ2) is 7.98. The highest BCUT2D eigenvalue weighted by atomic mass is 32.2. The molecule has 0 heterocycles. The highest BCUT2D eigenvalue weighted by molar-refractivity contribution is 7.90. The van der Waals surface area contributed by atoms with Crippen molar-refractivity contribution in [2.45, 2.75) is 11.3 Å². The normalized spacial score (nSPS) is 11.1. The van der Waals surface area contributed by atoms with E-state index in [0.717, 1.165) is 31.0 Å². The third kappa shape index (κ3) is 5.18. The van der Waals surface area contributed by atoms with Crippen LogP contribution in [0.5, 0.6) is 0 Å². The molecule has 0 aliphatic carbocycles. The zero-order valence-electron chi connectivity index (χ0n) is 14.2. The fraction of sp³-hybridized carbons (Fsp3) is 0.294. The van der Waals surface area contributed by atoms with Crippen LogP contribution >= 0.6 is 0 Å². The summed E-state index contributed by atoms with van der Waals surface area (Å²) in [6.07, 6.45) is 1.80. The van der Waals surface area contributed by atoms with Gasteiger partial charge in [-0.15, -0.1) is 0 Å². The first-order chi connectivity index (χ1) is 11.8. The summed E-state index contributed by atoms with van der Waals surface area (Å²) in [6, 6.07) is 13.8. The number of nitro benzene ring substituents is 1. The quantitative estimate of drug-likeness (QED) is 0.440. The molecular weight excluding hydrogens is 342 g/mol. The van der Waals surface area contributed by atoms with Crippen LogP contribution in [-0.4, -0.2) is 39.7 Å². The van der Waals surface area contributed by atoms with Crippen LogP contribution in [-0.2, 0) is 9.84 Å². The molecule has 7 nitrogen and oxygen atoms in total. The minimum atomic E-state index is -3.48. The highest BCUT2D eigenvalue weighted by Gasteiger charge is 2.18. The molecule has 2 rings (SSSR count). The molecular formula is C17H21N3O4S. The molecule has 0 amide bonds. The van der Waals surface area contributed by atoms with E-state index in [2.05, 4.69) is 10.2 Å². The Hall–Kier alpha value is -2.61. The van der Waals surface area contributed by atoms with E-state index in [1.807, 2.05) is 37.4 Å². The van der Waals surface area contributed by atoms with Gasteiger partial charge in [0.2, 0.25) is 0 Å². The van der Waals surface area contributed by atoms with Crippen LogP contribution in [0.1, 0.15) is 6.42 Å². The number of hydrogen-bond donors (Lipinski definition) is 1. The van der Waals surface area contributed by atoms with Crippen molar-refractivity contribution in [3.05, 3.63) is 58.6 Å². The fourth-order valence-corrected chi connectivity index (χ4v) is 3.03. The maximum Gasteiger partial charge on any atom is 0.293 e. The minimum Gasteiger partial charge on any atom is -0.379 e. The summed E-state index contributed by atoms with van der Waals surface area (Å²) in [6.45, 7) is 1.32. The van der Waals surface area contributed by atoms with Crippen LogP contribution in [0, 0.1) is 10.1 Å².